The summed E-state index contributed by atoms with van der Waals surface area (Å²) in [5, 5.41) is 3.39. The number of rotatable bonds is 8. The second-order valence-corrected chi connectivity index (χ2v) is 9.01. The molecule has 7 nitrogen and oxygen atoms in total. The zero-order valence-corrected chi connectivity index (χ0v) is 20.6. The van der Waals surface area contributed by atoms with Crippen LogP contribution in [0.15, 0.2) is 60.7 Å². The molecule has 8 heteroatoms. The molecule has 0 spiro atoms. The summed E-state index contributed by atoms with van der Waals surface area (Å²) in [5.74, 6) is 1.49. The number of nitrogens with one attached hydrogen (secondary N) is 1. The summed E-state index contributed by atoms with van der Waals surface area (Å²) in [6.45, 7) is 2.00. The number of aromatic nitrogens is 1. The van der Waals surface area contributed by atoms with Gasteiger partial charge in [0, 0.05) is 37.5 Å². The van der Waals surface area contributed by atoms with Crippen molar-refractivity contribution in [2.75, 3.05) is 38.5 Å². The summed E-state index contributed by atoms with van der Waals surface area (Å²) in [6.07, 6.45) is -0.845. The number of hydrogen-bond donors (Lipinski definition) is 1. The van der Waals surface area contributed by atoms with Crippen LogP contribution in [0.2, 0.25) is 0 Å². The van der Waals surface area contributed by atoms with Crippen LogP contribution in [0.4, 0.5) is 10.8 Å². The summed E-state index contributed by atoms with van der Waals surface area (Å²) in [7, 11) is 7.11. The minimum absolute atomic E-state index is 0.307. The standard InChI is InChI=1S/C26H27N3O4S/c1-16-6-8-17(9-7-16)24(33-19-12-10-18(11-13-19)29(2)3)25(30)28-26-27-20-14-21(31-4)22(32-5)15-23(20)34-26/h6-15,24H,1-5H3,(H,27,28,30). The lowest BCUT2D eigenvalue weighted by atomic mass is 10.1. The molecule has 4 rings (SSSR count). The van der Waals surface area contributed by atoms with Crippen molar-refractivity contribution in [2.45, 2.75) is 13.0 Å². The summed E-state index contributed by atoms with van der Waals surface area (Å²) in [5.41, 5.74) is 3.62. The molecule has 0 saturated carbocycles. The first kappa shape index (κ1) is 23.4. The van der Waals surface area contributed by atoms with Crippen LogP contribution >= 0.6 is 11.3 Å². The van der Waals surface area contributed by atoms with E-state index in [1.165, 1.54) is 11.3 Å². The largest absolute Gasteiger partial charge is 0.493 e. The first-order valence-corrected chi connectivity index (χ1v) is 11.5. The van der Waals surface area contributed by atoms with Crippen molar-refractivity contribution in [1.82, 2.24) is 4.98 Å². The zero-order chi connectivity index (χ0) is 24.2. The van der Waals surface area contributed by atoms with E-state index in [0.717, 1.165) is 21.5 Å². The van der Waals surface area contributed by atoms with Gasteiger partial charge >= 0.3 is 0 Å². The van der Waals surface area contributed by atoms with Crippen molar-refractivity contribution in [2.24, 2.45) is 0 Å². The molecule has 1 N–H and O–H groups in total. The molecule has 4 aromatic rings. The lowest BCUT2D eigenvalue weighted by Crippen LogP contribution is -2.25. The predicted octanol–water partition coefficient (Wildman–Crippen LogP) is 5.45. The lowest BCUT2D eigenvalue weighted by molar-refractivity contribution is -0.123. The number of ether oxygens (including phenoxy) is 3. The number of methoxy groups -OCH3 is 2. The Hall–Kier alpha value is -3.78. The number of carbonyl (C=O) groups excluding carboxylic acids is 1. The number of fused-ring (bicyclic) bond motifs is 1. The number of benzene rings is 3. The number of hydrogen-bond acceptors (Lipinski definition) is 7. The van der Waals surface area contributed by atoms with E-state index in [1.807, 2.05) is 80.5 Å². The maximum Gasteiger partial charge on any atom is 0.271 e. The number of amides is 1. The van der Waals surface area contributed by atoms with Gasteiger partial charge in [-0.1, -0.05) is 41.2 Å². The van der Waals surface area contributed by atoms with Gasteiger partial charge in [-0.25, -0.2) is 4.98 Å². The van der Waals surface area contributed by atoms with Crippen LogP contribution in [0.3, 0.4) is 0 Å². The molecule has 0 saturated heterocycles. The fraction of sp³-hybridized carbons (Fsp3) is 0.231. The molecular weight excluding hydrogens is 450 g/mol. The second-order valence-electron chi connectivity index (χ2n) is 7.98. The number of thiazole rings is 1. The normalized spacial score (nSPS) is 11.7. The van der Waals surface area contributed by atoms with Gasteiger partial charge in [0.25, 0.3) is 5.91 Å². The number of carbonyl (C=O) groups is 1. The quantitative estimate of drug-likeness (QED) is 0.364. The van der Waals surface area contributed by atoms with Crippen LogP contribution in [-0.2, 0) is 4.79 Å². The molecule has 1 unspecified atom stereocenters. The monoisotopic (exact) mass is 477 g/mol. The fourth-order valence-electron chi connectivity index (χ4n) is 3.45. The maximum absolute atomic E-state index is 13.4. The van der Waals surface area contributed by atoms with Gasteiger partial charge in [0.1, 0.15) is 5.75 Å². The summed E-state index contributed by atoms with van der Waals surface area (Å²) in [4.78, 5) is 19.9. The van der Waals surface area contributed by atoms with Gasteiger partial charge in [-0.05, 0) is 31.2 Å². The van der Waals surface area contributed by atoms with Crippen LogP contribution in [-0.4, -0.2) is 39.2 Å². The number of aryl methyl sites for hydroxylation is 1. The molecule has 0 aliphatic rings. The van der Waals surface area contributed by atoms with Crippen molar-refractivity contribution >= 4 is 38.3 Å². The van der Waals surface area contributed by atoms with Crippen molar-refractivity contribution in [3.8, 4) is 17.2 Å². The first-order valence-electron chi connectivity index (χ1n) is 10.7. The Kier molecular flexibility index (Phi) is 6.88. The van der Waals surface area contributed by atoms with Gasteiger partial charge in [0.2, 0.25) is 6.10 Å². The number of anilines is 2. The van der Waals surface area contributed by atoms with Crippen molar-refractivity contribution in [1.29, 1.82) is 0 Å². The van der Waals surface area contributed by atoms with Gasteiger partial charge in [-0.3, -0.25) is 10.1 Å². The van der Waals surface area contributed by atoms with Crippen LogP contribution < -0.4 is 24.4 Å². The Morgan fingerprint density at radius 1 is 0.971 bits per heavy atom. The van der Waals surface area contributed by atoms with Gasteiger partial charge < -0.3 is 19.1 Å². The Labute approximate surface area is 202 Å². The molecule has 0 aliphatic heterocycles. The van der Waals surface area contributed by atoms with Crippen molar-refractivity contribution in [3.05, 3.63) is 71.8 Å². The van der Waals surface area contributed by atoms with E-state index in [0.29, 0.717) is 27.9 Å². The molecule has 0 bridgehead atoms. The topological polar surface area (TPSA) is 72.9 Å². The minimum Gasteiger partial charge on any atom is -0.493 e. The van der Waals surface area contributed by atoms with Crippen LogP contribution in [0.1, 0.15) is 17.2 Å². The van der Waals surface area contributed by atoms with Crippen molar-refractivity contribution in [3.63, 3.8) is 0 Å². The van der Waals surface area contributed by atoms with E-state index >= 15 is 0 Å². The van der Waals surface area contributed by atoms with E-state index < -0.39 is 6.10 Å². The highest BCUT2D eigenvalue weighted by Gasteiger charge is 2.24. The van der Waals surface area contributed by atoms with E-state index in [2.05, 4.69) is 10.3 Å². The zero-order valence-electron chi connectivity index (χ0n) is 19.8. The average Bonchev–Trinajstić information content (AvgIpc) is 3.23. The average molecular weight is 478 g/mol. The molecule has 0 aliphatic carbocycles. The summed E-state index contributed by atoms with van der Waals surface area (Å²) in [6, 6.07) is 19.0. The van der Waals surface area contributed by atoms with Gasteiger partial charge in [-0.2, -0.15) is 0 Å². The minimum atomic E-state index is -0.845. The smallest absolute Gasteiger partial charge is 0.271 e. The second kappa shape index (κ2) is 10.0. The van der Waals surface area contributed by atoms with E-state index in [9.17, 15) is 4.79 Å². The molecule has 1 aromatic heterocycles. The predicted molar refractivity (Wildman–Crippen MR) is 137 cm³/mol. The van der Waals surface area contributed by atoms with Crippen molar-refractivity contribution < 1.29 is 19.0 Å². The maximum atomic E-state index is 13.4. The van der Waals surface area contributed by atoms with Gasteiger partial charge in [0.05, 0.1) is 24.4 Å². The van der Waals surface area contributed by atoms with E-state index in [1.54, 1.807) is 20.3 Å². The molecule has 1 heterocycles. The highest BCUT2D eigenvalue weighted by Crippen LogP contribution is 2.36. The van der Waals surface area contributed by atoms with Crippen LogP contribution in [0, 0.1) is 6.92 Å². The molecule has 3 aromatic carbocycles. The highest BCUT2D eigenvalue weighted by molar-refractivity contribution is 7.22. The first-order chi connectivity index (χ1) is 16.4. The molecule has 1 amide bonds. The molecule has 176 valence electrons. The third-order valence-electron chi connectivity index (χ3n) is 5.35. The molecule has 0 fully saturated rings. The molecular formula is C26H27N3O4S. The summed E-state index contributed by atoms with van der Waals surface area (Å²) < 4.78 is 17.8. The Bertz CT molecular complexity index is 1240. The Balaban J connectivity index is 1.61. The van der Waals surface area contributed by atoms with Gasteiger partial charge in [-0.15, -0.1) is 0 Å². The van der Waals surface area contributed by atoms with E-state index in [-0.39, 0.29) is 5.91 Å². The third kappa shape index (κ3) is 5.07. The van der Waals surface area contributed by atoms with Crippen LogP contribution in [0.25, 0.3) is 10.2 Å². The van der Waals surface area contributed by atoms with E-state index in [4.69, 9.17) is 14.2 Å². The lowest BCUT2D eigenvalue weighted by Gasteiger charge is -2.19. The fourth-order valence-corrected chi connectivity index (χ4v) is 4.33. The Morgan fingerprint density at radius 2 is 1.62 bits per heavy atom. The summed E-state index contributed by atoms with van der Waals surface area (Å²) >= 11 is 1.36. The van der Waals surface area contributed by atoms with Crippen LogP contribution in [0.5, 0.6) is 17.2 Å². The third-order valence-corrected chi connectivity index (χ3v) is 6.28. The van der Waals surface area contributed by atoms with Gasteiger partial charge in [0.15, 0.2) is 16.6 Å². The Morgan fingerprint density at radius 3 is 2.24 bits per heavy atom. The number of nitrogens with zero attached hydrogens (tertiary/aromatic N) is 2. The molecule has 34 heavy (non-hydrogen) atoms. The molecule has 1 atom stereocenters. The molecule has 0 radical (unpaired) electrons. The highest BCUT2D eigenvalue weighted by atomic mass is 32.1. The SMILES string of the molecule is COc1cc2nc(NC(=O)C(Oc3ccc(N(C)C)cc3)c3ccc(C)cc3)sc2cc1OC.